The maximum Gasteiger partial charge on any atom is 0.172 e. The summed E-state index contributed by atoms with van der Waals surface area (Å²) in [5.74, 6) is 0. The number of aromatic nitrogens is 2. The van der Waals surface area contributed by atoms with Gasteiger partial charge in [-0.2, -0.15) is 5.26 Å². The molecule has 0 saturated heterocycles. The van der Waals surface area contributed by atoms with Crippen molar-refractivity contribution in [2.45, 2.75) is 16.6 Å². The maximum atomic E-state index is 9.10. The Hall–Kier alpha value is -1.77. The molecule has 0 aliphatic carbocycles. The Labute approximate surface area is 104 Å². The first-order valence-electron chi connectivity index (χ1n) is 5.13. The fraction of sp³-hybridized carbons (Fsp3) is 0.167. The van der Waals surface area contributed by atoms with Gasteiger partial charge in [0, 0.05) is 30.9 Å². The Morgan fingerprint density at radius 1 is 1.53 bits per heavy atom. The van der Waals surface area contributed by atoms with Crippen LogP contribution in [0.1, 0.15) is 11.1 Å². The lowest BCUT2D eigenvalue weighted by Crippen LogP contribution is -1.97. The van der Waals surface area contributed by atoms with E-state index in [0.717, 1.165) is 15.6 Å². The molecule has 1 heterocycles. The molecule has 0 radical (unpaired) electrons. The molecular formula is C12H12N4S. The van der Waals surface area contributed by atoms with E-state index in [1.54, 1.807) is 6.20 Å². The van der Waals surface area contributed by atoms with Gasteiger partial charge in [0.2, 0.25) is 0 Å². The van der Waals surface area contributed by atoms with E-state index in [9.17, 15) is 0 Å². The van der Waals surface area contributed by atoms with E-state index in [1.807, 2.05) is 36.0 Å². The second-order valence-electron chi connectivity index (χ2n) is 3.57. The van der Waals surface area contributed by atoms with Crippen molar-refractivity contribution in [1.82, 2.24) is 9.55 Å². The number of imidazole rings is 1. The summed E-state index contributed by atoms with van der Waals surface area (Å²) in [5, 5.41) is 9.97. The van der Waals surface area contributed by atoms with Crippen molar-refractivity contribution in [1.29, 1.82) is 5.26 Å². The van der Waals surface area contributed by atoms with Crippen molar-refractivity contribution in [2.75, 3.05) is 0 Å². The van der Waals surface area contributed by atoms with Gasteiger partial charge in [0.25, 0.3) is 0 Å². The molecule has 0 bridgehead atoms. The largest absolute Gasteiger partial charge is 0.329 e. The summed E-state index contributed by atoms with van der Waals surface area (Å²) in [6.45, 7) is 0.446. The number of nitrogens with two attached hydrogens (primary N) is 1. The van der Waals surface area contributed by atoms with Crippen LogP contribution in [-0.2, 0) is 13.6 Å². The standard InChI is InChI=1S/C12H12N4S/c1-16-5-4-15-12(16)17-11-3-2-9(7-13)6-10(11)8-14/h2-6H,7,13H2,1H3. The van der Waals surface area contributed by atoms with E-state index in [0.29, 0.717) is 12.1 Å². The Morgan fingerprint density at radius 2 is 2.35 bits per heavy atom. The van der Waals surface area contributed by atoms with Crippen LogP contribution < -0.4 is 5.73 Å². The molecule has 1 aromatic heterocycles. The summed E-state index contributed by atoms with van der Waals surface area (Å²) in [6, 6.07) is 7.87. The van der Waals surface area contributed by atoms with Gasteiger partial charge in [-0.15, -0.1) is 0 Å². The number of benzene rings is 1. The molecule has 86 valence electrons. The molecule has 1 aromatic carbocycles. The normalized spacial score (nSPS) is 10.2. The first-order valence-corrected chi connectivity index (χ1v) is 5.94. The lowest BCUT2D eigenvalue weighted by atomic mass is 10.1. The number of aryl methyl sites for hydroxylation is 1. The molecule has 0 fully saturated rings. The van der Waals surface area contributed by atoms with Crippen LogP contribution in [0.5, 0.6) is 0 Å². The van der Waals surface area contributed by atoms with E-state index < -0.39 is 0 Å². The van der Waals surface area contributed by atoms with E-state index in [2.05, 4.69) is 11.1 Å². The highest BCUT2D eigenvalue weighted by Gasteiger charge is 2.08. The van der Waals surface area contributed by atoms with Gasteiger partial charge in [0.1, 0.15) is 6.07 Å². The molecule has 2 aromatic rings. The van der Waals surface area contributed by atoms with Crippen molar-refractivity contribution in [3.05, 3.63) is 41.7 Å². The van der Waals surface area contributed by atoms with Gasteiger partial charge >= 0.3 is 0 Å². The monoisotopic (exact) mass is 244 g/mol. The molecule has 0 unspecified atom stereocenters. The fourth-order valence-corrected chi connectivity index (χ4v) is 2.29. The average Bonchev–Trinajstić information content (AvgIpc) is 2.75. The molecule has 0 atom stereocenters. The third-order valence-corrected chi connectivity index (χ3v) is 3.53. The van der Waals surface area contributed by atoms with Crippen molar-refractivity contribution in [2.24, 2.45) is 12.8 Å². The Morgan fingerprint density at radius 3 is 2.94 bits per heavy atom. The minimum absolute atomic E-state index is 0.446. The van der Waals surface area contributed by atoms with Crippen LogP contribution in [0.3, 0.4) is 0 Å². The zero-order valence-electron chi connectivity index (χ0n) is 9.42. The summed E-state index contributed by atoms with van der Waals surface area (Å²) >= 11 is 1.48. The lowest BCUT2D eigenvalue weighted by Gasteiger charge is -2.05. The predicted molar refractivity (Wildman–Crippen MR) is 66.4 cm³/mol. The third-order valence-electron chi connectivity index (χ3n) is 2.38. The molecule has 0 aliphatic rings. The minimum atomic E-state index is 0.446. The zero-order chi connectivity index (χ0) is 12.3. The van der Waals surface area contributed by atoms with Gasteiger partial charge in [0.05, 0.1) is 5.56 Å². The first-order chi connectivity index (χ1) is 8.24. The predicted octanol–water partition coefficient (Wildman–Crippen LogP) is 1.90. The van der Waals surface area contributed by atoms with Gasteiger partial charge in [-0.25, -0.2) is 4.98 Å². The summed E-state index contributed by atoms with van der Waals surface area (Å²) < 4.78 is 1.92. The summed E-state index contributed by atoms with van der Waals surface area (Å²) in [6.07, 6.45) is 3.62. The number of nitriles is 1. The number of rotatable bonds is 3. The van der Waals surface area contributed by atoms with Crippen LogP contribution in [0, 0.1) is 11.3 Å². The molecule has 2 N–H and O–H groups in total. The molecule has 5 heteroatoms. The smallest absolute Gasteiger partial charge is 0.172 e. The molecular weight excluding hydrogens is 232 g/mol. The maximum absolute atomic E-state index is 9.10. The second kappa shape index (κ2) is 5.04. The topological polar surface area (TPSA) is 67.6 Å². The van der Waals surface area contributed by atoms with E-state index in [4.69, 9.17) is 11.0 Å². The SMILES string of the molecule is Cn1ccnc1Sc1ccc(CN)cc1C#N. The van der Waals surface area contributed by atoms with E-state index in [1.165, 1.54) is 11.8 Å². The van der Waals surface area contributed by atoms with Gasteiger partial charge in [-0.3, -0.25) is 0 Å². The van der Waals surface area contributed by atoms with Crippen molar-refractivity contribution in [3.8, 4) is 6.07 Å². The molecule has 0 spiro atoms. The van der Waals surface area contributed by atoms with Crippen molar-refractivity contribution < 1.29 is 0 Å². The van der Waals surface area contributed by atoms with Gasteiger partial charge in [-0.1, -0.05) is 17.8 Å². The summed E-state index contributed by atoms with van der Waals surface area (Å²) in [5.41, 5.74) is 7.15. The first kappa shape index (κ1) is 11.7. The molecule has 2 rings (SSSR count). The van der Waals surface area contributed by atoms with Crippen LogP contribution in [0.4, 0.5) is 0 Å². The quantitative estimate of drug-likeness (QED) is 0.895. The molecule has 0 aliphatic heterocycles. The van der Waals surface area contributed by atoms with Gasteiger partial charge in [0.15, 0.2) is 5.16 Å². The highest BCUT2D eigenvalue weighted by Crippen LogP contribution is 2.29. The number of hydrogen-bond donors (Lipinski definition) is 1. The lowest BCUT2D eigenvalue weighted by molar-refractivity contribution is 0.790. The third kappa shape index (κ3) is 2.49. The summed E-state index contributed by atoms with van der Waals surface area (Å²) in [4.78, 5) is 5.12. The van der Waals surface area contributed by atoms with E-state index in [-0.39, 0.29) is 0 Å². The van der Waals surface area contributed by atoms with Crippen LogP contribution in [0.2, 0.25) is 0 Å². The van der Waals surface area contributed by atoms with E-state index >= 15 is 0 Å². The fourth-order valence-electron chi connectivity index (χ4n) is 1.43. The van der Waals surface area contributed by atoms with Crippen LogP contribution in [0.25, 0.3) is 0 Å². The highest BCUT2D eigenvalue weighted by molar-refractivity contribution is 7.99. The average molecular weight is 244 g/mol. The van der Waals surface area contributed by atoms with Crippen LogP contribution in [-0.4, -0.2) is 9.55 Å². The zero-order valence-corrected chi connectivity index (χ0v) is 10.2. The van der Waals surface area contributed by atoms with Crippen molar-refractivity contribution in [3.63, 3.8) is 0 Å². The highest BCUT2D eigenvalue weighted by atomic mass is 32.2. The Bertz CT molecular complexity index is 568. The van der Waals surface area contributed by atoms with Crippen LogP contribution in [0.15, 0.2) is 40.6 Å². The van der Waals surface area contributed by atoms with Gasteiger partial charge < -0.3 is 10.3 Å². The molecule has 0 saturated carbocycles. The van der Waals surface area contributed by atoms with Gasteiger partial charge in [-0.05, 0) is 17.7 Å². The Kier molecular flexibility index (Phi) is 3.47. The molecule has 17 heavy (non-hydrogen) atoms. The second-order valence-corrected chi connectivity index (χ2v) is 4.58. The Balaban J connectivity index is 2.34. The number of nitrogens with zero attached hydrogens (tertiary/aromatic N) is 3. The minimum Gasteiger partial charge on any atom is -0.329 e. The summed E-state index contributed by atoms with van der Waals surface area (Å²) in [7, 11) is 1.93. The number of hydrogen-bond acceptors (Lipinski definition) is 4. The van der Waals surface area contributed by atoms with Crippen molar-refractivity contribution >= 4 is 11.8 Å². The van der Waals surface area contributed by atoms with Crippen LogP contribution >= 0.6 is 11.8 Å². The molecule has 4 nitrogen and oxygen atoms in total. The molecule has 0 amide bonds.